The van der Waals surface area contributed by atoms with Crippen LogP contribution in [0.3, 0.4) is 0 Å². The van der Waals surface area contributed by atoms with Crippen molar-refractivity contribution in [1.29, 1.82) is 0 Å². The van der Waals surface area contributed by atoms with Gasteiger partial charge in [0.1, 0.15) is 0 Å². The number of ether oxygens (including phenoxy) is 1. The van der Waals surface area contributed by atoms with Gasteiger partial charge in [-0.25, -0.2) is 0 Å². The summed E-state index contributed by atoms with van der Waals surface area (Å²) in [6, 6.07) is 8.84. The Morgan fingerprint density at radius 3 is 2.60 bits per heavy atom. The molecule has 3 nitrogen and oxygen atoms in total. The number of nitrogens with zero attached hydrogens (tertiary/aromatic N) is 1. The molecule has 2 fully saturated rings. The number of hydrogen-bond acceptors (Lipinski definition) is 3. The minimum absolute atomic E-state index is 0.382. The molecule has 20 heavy (non-hydrogen) atoms. The molecule has 2 aliphatic heterocycles. The van der Waals surface area contributed by atoms with Crippen LogP contribution in [0.4, 0.5) is 0 Å². The summed E-state index contributed by atoms with van der Waals surface area (Å²) in [5, 5.41) is 3.41. The summed E-state index contributed by atoms with van der Waals surface area (Å²) in [5.41, 5.74) is 1.49. The lowest BCUT2D eigenvalue weighted by Crippen LogP contribution is -2.47. The van der Waals surface area contributed by atoms with Crippen molar-refractivity contribution in [2.24, 2.45) is 0 Å². The van der Waals surface area contributed by atoms with Crippen molar-refractivity contribution >= 4 is 15.9 Å². The summed E-state index contributed by atoms with van der Waals surface area (Å²) in [7, 11) is 0. The maximum absolute atomic E-state index is 5.80. The van der Waals surface area contributed by atoms with Crippen molar-refractivity contribution < 1.29 is 4.74 Å². The molecule has 2 heterocycles. The molecule has 0 spiro atoms. The maximum Gasteiger partial charge on any atom is 0.0826 e. The Balaban J connectivity index is 1.47. The van der Waals surface area contributed by atoms with E-state index >= 15 is 0 Å². The predicted molar refractivity (Wildman–Crippen MR) is 85.2 cm³/mol. The summed E-state index contributed by atoms with van der Waals surface area (Å²) < 4.78 is 6.96. The molecule has 0 bridgehead atoms. The Kier molecular flexibility index (Phi) is 5.10. The van der Waals surface area contributed by atoms with Crippen LogP contribution in [0.5, 0.6) is 0 Å². The zero-order chi connectivity index (χ0) is 13.8. The first-order valence-electron chi connectivity index (χ1n) is 7.61. The molecule has 4 heteroatoms. The van der Waals surface area contributed by atoms with E-state index in [1.165, 1.54) is 36.0 Å². The quantitative estimate of drug-likeness (QED) is 0.916. The molecule has 0 aliphatic carbocycles. The second kappa shape index (κ2) is 7.03. The molecule has 1 aromatic rings. The number of morpholine rings is 1. The highest BCUT2D eigenvalue weighted by Gasteiger charge is 2.23. The number of halogens is 1. The predicted octanol–water partition coefficient (Wildman–Crippen LogP) is 2.62. The fourth-order valence-electron chi connectivity index (χ4n) is 3.21. The lowest BCUT2D eigenvalue weighted by atomic mass is 9.89. The zero-order valence-electron chi connectivity index (χ0n) is 11.9. The highest BCUT2D eigenvalue weighted by molar-refractivity contribution is 9.10. The molecule has 110 valence electrons. The Bertz CT molecular complexity index is 409. The van der Waals surface area contributed by atoms with E-state index in [1.807, 2.05) is 0 Å². The molecule has 0 amide bonds. The minimum atomic E-state index is 0.382. The lowest BCUT2D eigenvalue weighted by Gasteiger charge is -2.35. The van der Waals surface area contributed by atoms with Crippen molar-refractivity contribution in [3.8, 4) is 0 Å². The van der Waals surface area contributed by atoms with Gasteiger partial charge < -0.3 is 15.0 Å². The molecule has 0 radical (unpaired) electrons. The summed E-state index contributed by atoms with van der Waals surface area (Å²) >= 11 is 3.51. The van der Waals surface area contributed by atoms with Gasteiger partial charge in [0, 0.05) is 24.1 Å². The Morgan fingerprint density at radius 2 is 1.95 bits per heavy atom. The van der Waals surface area contributed by atoms with Crippen LogP contribution < -0.4 is 5.32 Å². The first-order chi connectivity index (χ1) is 9.81. The van der Waals surface area contributed by atoms with Gasteiger partial charge in [0.15, 0.2) is 0 Å². The fourth-order valence-corrected chi connectivity index (χ4v) is 3.47. The summed E-state index contributed by atoms with van der Waals surface area (Å²) in [5.74, 6) is 0.727. The molecule has 1 unspecified atom stereocenters. The van der Waals surface area contributed by atoms with Crippen molar-refractivity contribution in [3.63, 3.8) is 0 Å². The Hall–Kier alpha value is -0.420. The largest absolute Gasteiger partial charge is 0.374 e. The smallest absolute Gasteiger partial charge is 0.0826 e. The molecule has 1 atom stereocenters. The van der Waals surface area contributed by atoms with Gasteiger partial charge in [0.2, 0.25) is 0 Å². The van der Waals surface area contributed by atoms with Gasteiger partial charge in [0.25, 0.3) is 0 Å². The van der Waals surface area contributed by atoms with Crippen molar-refractivity contribution in [2.75, 3.05) is 39.3 Å². The van der Waals surface area contributed by atoms with Gasteiger partial charge >= 0.3 is 0 Å². The number of rotatable bonds is 3. The van der Waals surface area contributed by atoms with Gasteiger partial charge in [-0.05, 0) is 49.5 Å². The third-order valence-corrected chi connectivity index (χ3v) is 4.92. The van der Waals surface area contributed by atoms with Crippen LogP contribution in [-0.2, 0) is 4.74 Å². The standard InChI is InChI=1S/C16H23BrN2O/c17-15-3-1-13(2-4-15)14-5-8-19(9-6-14)12-16-11-18-7-10-20-16/h1-4,14,16,18H,5-12H2. The minimum Gasteiger partial charge on any atom is -0.374 e. The lowest BCUT2D eigenvalue weighted by molar-refractivity contribution is 0.00129. The normalized spacial score (nSPS) is 25.8. The molecule has 0 saturated carbocycles. The Labute approximate surface area is 129 Å². The van der Waals surface area contributed by atoms with E-state index in [9.17, 15) is 0 Å². The van der Waals surface area contributed by atoms with E-state index < -0.39 is 0 Å². The van der Waals surface area contributed by atoms with Gasteiger partial charge in [-0.3, -0.25) is 0 Å². The Morgan fingerprint density at radius 1 is 1.20 bits per heavy atom. The van der Waals surface area contributed by atoms with Crippen LogP contribution in [0.15, 0.2) is 28.7 Å². The van der Waals surface area contributed by atoms with E-state index in [-0.39, 0.29) is 0 Å². The second-order valence-corrected chi connectivity index (χ2v) is 6.74. The monoisotopic (exact) mass is 338 g/mol. The average molecular weight is 339 g/mol. The SMILES string of the molecule is Brc1ccc(C2CCN(CC3CNCCO3)CC2)cc1. The van der Waals surface area contributed by atoms with E-state index in [0.29, 0.717) is 6.10 Å². The zero-order valence-corrected chi connectivity index (χ0v) is 13.4. The molecule has 2 aliphatic rings. The first-order valence-corrected chi connectivity index (χ1v) is 8.41. The van der Waals surface area contributed by atoms with Crippen molar-refractivity contribution in [1.82, 2.24) is 10.2 Å². The average Bonchev–Trinajstić information content (AvgIpc) is 2.50. The van der Waals surface area contributed by atoms with Gasteiger partial charge in [-0.15, -0.1) is 0 Å². The van der Waals surface area contributed by atoms with Crippen LogP contribution in [0.25, 0.3) is 0 Å². The van der Waals surface area contributed by atoms with Crippen LogP contribution >= 0.6 is 15.9 Å². The molecular formula is C16H23BrN2O. The van der Waals surface area contributed by atoms with Gasteiger partial charge in [-0.1, -0.05) is 28.1 Å². The van der Waals surface area contributed by atoms with E-state index in [4.69, 9.17) is 4.74 Å². The fraction of sp³-hybridized carbons (Fsp3) is 0.625. The number of hydrogen-bond donors (Lipinski definition) is 1. The molecule has 1 N–H and O–H groups in total. The highest BCUT2D eigenvalue weighted by Crippen LogP contribution is 2.29. The summed E-state index contributed by atoms with van der Waals surface area (Å²) in [6.45, 7) is 6.34. The second-order valence-electron chi connectivity index (χ2n) is 5.82. The van der Waals surface area contributed by atoms with Crippen LogP contribution in [0.1, 0.15) is 24.3 Å². The molecule has 2 saturated heterocycles. The summed E-state index contributed by atoms with van der Waals surface area (Å²) in [4.78, 5) is 2.56. The third kappa shape index (κ3) is 3.82. The topological polar surface area (TPSA) is 24.5 Å². The van der Waals surface area contributed by atoms with E-state index in [1.54, 1.807) is 0 Å². The maximum atomic E-state index is 5.80. The van der Waals surface area contributed by atoms with Crippen LogP contribution in [-0.4, -0.2) is 50.3 Å². The van der Waals surface area contributed by atoms with Crippen molar-refractivity contribution in [3.05, 3.63) is 34.3 Å². The molecule has 3 rings (SSSR count). The number of benzene rings is 1. The third-order valence-electron chi connectivity index (χ3n) is 4.40. The number of likely N-dealkylation sites (tertiary alicyclic amines) is 1. The highest BCUT2D eigenvalue weighted by atomic mass is 79.9. The molecular weight excluding hydrogens is 316 g/mol. The first kappa shape index (κ1) is 14.5. The molecule has 1 aromatic carbocycles. The molecule has 0 aromatic heterocycles. The van der Waals surface area contributed by atoms with Crippen molar-refractivity contribution in [2.45, 2.75) is 24.9 Å². The van der Waals surface area contributed by atoms with E-state index in [0.717, 1.165) is 32.2 Å². The number of piperidine rings is 1. The number of nitrogens with one attached hydrogen (secondary N) is 1. The van der Waals surface area contributed by atoms with Gasteiger partial charge in [-0.2, -0.15) is 0 Å². The summed E-state index contributed by atoms with van der Waals surface area (Å²) in [6.07, 6.45) is 2.91. The van der Waals surface area contributed by atoms with Crippen LogP contribution in [0.2, 0.25) is 0 Å². The van der Waals surface area contributed by atoms with E-state index in [2.05, 4.69) is 50.4 Å². The van der Waals surface area contributed by atoms with Crippen LogP contribution in [0, 0.1) is 0 Å². The van der Waals surface area contributed by atoms with Gasteiger partial charge in [0.05, 0.1) is 12.7 Å².